The van der Waals surface area contributed by atoms with Gasteiger partial charge in [0, 0.05) is 28.9 Å². The van der Waals surface area contributed by atoms with E-state index < -0.39 is 21.5 Å². The smallest absolute Gasteiger partial charge is 0.410 e. The largest absolute Gasteiger partial charge is 0.461 e. The van der Waals surface area contributed by atoms with Gasteiger partial charge in [0.2, 0.25) is 9.84 Å². The van der Waals surface area contributed by atoms with Crippen molar-refractivity contribution in [2.75, 3.05) is 6.54 Å². The minimum Gasteiger partial charge on any atom is -0.461 e. The minimum absolute atomic E-state index is 0.162. The van der Waals surface area contributed by atoms with E-state index in [2.05, 4.69) is 0 Å². The molecule has 8 heteroatoms. The zero-order chi connectivity index (χ0) is 21.7. The summed E-state index contributed by atoms with van der Waals surface area (Å²) in [6, 6.07) is 10.9. The van der Waals surface area contributed by atoms with E-state index in [0.29, 0.717) is 35.5 Å². The summed E-state index contributed by atoms with van der Waals surface area (Å²) in [4.78, 5) is 14.4. The van der Waals surface area contributed by atoms with Gasteiger partial charge < -0.3 is 14.1 Å². The summed E-state index contributed by atoms with van der Waals surface area (Å²) in [7, 11) is -3.71. The minimum atomic E-state index is -3.71. The molecule has 0 fully saturated rings. The Labute approximate surface area is 180 Å². The van der Waals surface area contributed by atoms with Crippen LogP contribution in [0.5, 0.6) is 0 Å². The van der Waals surface area contributed by atoms with Crippen LogP contribution < -0.4 is 0 Å². The van der Waals surface area contributed by atoms with Crippen molar-refractivity contribution in [3.63, 3.8) is 0 Å². The first-order valence-electron chi connectivity index (χ1n) is 9.57. The number of carbonyl (C=O) groups excluding carboxylic acids is 1. The van der Waals surface area contributed by atoms with Crippen LogP contribution in [0, 0.1) is 0 Å². The van der Waals surface area contributed by atoms with Crippen LogP contribution in [0.15, 0.2) is 56.7 Å². The normalized spacial score (nSPS) is 14.6. The molecule has 4 rings (SSSR count). The number of carbonyl (C=O) groups is 1. The highest BCUT2D eigenvalue weighted by molar-refractivity contribution is 7.91. The molecule has 0 saturated heterocycles. The van der Waals surface area contributed by atoms with Crippen molar-refractivity contribution >= 4 is 38.5 Å². The molecule has 1 amide bonds. The van der Waals surface area contributed by atoms with Crippen LogP contribution >= 0.6 is 11.6 Å². The number of hydrogen-bond donors (Lipinski definition) is 0. The van der Waals surface area contributed by atoms with E-state index in [4.69, 9.17) is 20.8 Å². The lowest BCUT2D eigenvalue weighted by atomic mass is 10.1. The maximum atomic E-state index is 13.0. The van der Waals surface area contributed by atoms with Crippen molar-refractivity contribution in [3.8, 4) is 0 Å². The summed E-state index contributed by atoms with van der Waals surface area (Å²) in [6.07, 6.45) is 0.148. The molecule has 30 heavy (non-hydrogen) atoms. The summed E-state index contributed by atoms with van der Waals surface area (Å²) < 4.78 is 37.5. The summed E-state index contributed by atoms with van der Waals surface area (Å²) in [5, 5.41) is 1.16. The third-order valence-corrected chi connectivity index (χ3v) is 6.91. The number of halogens is 1. The van der Waals surface area contributed by atoms with E-state index in [1.54, 1.807) is 29.2 Å². The Kier molecular flexibility index (Phi) is 5.06. The van der Waals surface area contributed by atoms with Gasteiger partial charge in [-0.3, -0.25) is 0 Å². The van der Waals surface area contributed by atoms with Gasteiger partial charge in [0.15, 0.2) is 0 Å². The molecule has 0 N–H and O–H groups in total. The highest BCUT2D eigenvalue weighted by Crippen LogP contribution is 2.34. The SMILES string of the molecule is CC(C)(C)OC(=O)N1CCc2oc3ccc(S(=O)(=O)c4ccc(Cl)cc4)cc3c2C1. The van der Waals surface area contributed by atoms with Gasteiger partial charge >= 0.3 is 6.09 Å². The number of rotatable bonds is 2. The van der Waals surface area contributed by atoms with Crippen molar-refractivity contribution in [1.29, 1.82) is 0 Å². The molecule has 0 bridgehead atoms. The zero-order valence-corrected chi connectivity index (χ0v) is 18.5. The van der Waals surface area contributed by atoms with Gasteiger partial charge in [-0.1, -0.05) is 11.6 Å². The first kappa shape index (κ1) is 20.8. The Bertz CT molecular complexity index is 1220. The molecule has 1 aliphatic heterocycles. The Morgan fingerprint density at radius 3 is 2.43 bits per heavy atom. The van der Waals surface area contributed by atoms with E-state index >= 15 is 0 Å². The Morgan fingerprint density at radius 2 is 1.77 bits per heavy atom. The maximum absolute atomic E-state index is 13.0. The molecule has 1 aromatic heterocycles. The summed E-state index contributed by atoms with van der Waals surface area (Å²) in [5.41, 5.74) is 0.826. The van der Waals surface area contributed by atoms with E-state index in [0.717, 1.165) is 11.3 Å². The lowest BCUT2D eigenvalue weighted by molar-refractivity contribution is 0.0220. The molecule has 0 radical (unpaired) electrons. The van der Waals surface area contributed by atoms with Gasteiger partial charge in [-0.2, -0.15) is 0 Å². The molecular formula is C22H22ClNO5S. The second-order valence-corrected chi connectivity index (χ2v) is 10.7. The molecule has 3 aromatic rings. The summed E-state index contributed by atoms with van der Waals surface area (Å²) in [6.45, 7) is 6.25. The zero-order valence-electron chi connectivity index (χ0n) is 16.9. The van der Waals surface area contributed by atoms with Crippen molar-refractivity contribution in [3.05, 3.63) is 58.8 Å². The van der Waals surface area contributed by atoms with Crippen LogP contribution in [0.2, 0.25) is 5.02 Å². The Balaban J connectivity index is 1.70. The van der Waals surface area contributed by atoms with Crippen LogP contribution in [0.3, 0.4) is 0 Å². The number of benzene rings is 2. The number of fused-ring (bicyclic) bond motifs is 3. The number of nitrogens with zero attached hydrogens (tertiary/aromatic N) is 1. The average Bonchev–Trinajstić information content (AvgIpc) is 3.04. The first-order valence-corrected chi connectivity index (χ1v) is 11.4. The first-order chi connectivity index (χ1) is 14.0. The van der Waals surface area contributed by atoms with Crippen molar-refractivity contribution in [2.45, 2.75) is 49.1 Å². The van der Waals surface area contributed by atoms with Crippen molar-refractivity contribution in [2.24, 2.45) is 0 Å². The molecule has 1 aliphatic rings. The molecule has 0 saturated carbocycles. The fourth-order valence-electron chi connectivity index (χ4n) is 3.46. The van der Waals surface area contributed by atoms with E-state index in [1.165, 1.54) is 18.2 Å². The van der Waals surface area contributed by atoms with E-state index in [9.17, 15) is 13.2 Å². The molecule has 0 unspecified atom stereocenters. The maximum Gasteiger partial charge on any atom is 0.410 e. The molecule has 158 valence electrons. The molecule has 0 spiro atoms. The Hall–Kier alpha value is -2.51. The lowest BCUT2D eigenvalue weighted by Crippen LogP contribution is -2.39. The van der Waals surface area contributed by atoms with Gasteiger partial charge in [0.1, 0.15) is 16.9 Å². The van der Waals surface area contributed by atoms with Gasteiger partial charge in [0.25, 0.3) is 0 Å². The van der Waals surface area contributed by atoms with Crippen LogP contribution in [0.25, 0.3) is 11.0 Å². The fraction of sp³-hybridized carbons (Fsp3) is 0.318. The molecule has 6 nitrogen and oxygen atoms in total. The lowest BCUT2D eigenvalue weighted by Gasteiger charge is -2.29. The van der Waals surface area contributed by atoms with Gasteiger partial charge in [-0.05, 0) is 63.2 Å². The molecule has 2 aromatic carbocycles. The average molecular weight is 448 g/mol. The predicted octanol–water partition coefficient (Wildman–Crippen LogP) is 5.21. The third-order valence-electron chi connectivity index (χ3n) is 4.89. The third kappa shape index (κ3) is 3.91. The van der Waals surface area contributed by atoms with E-state index in [-0.39, 0.29) is 9.79 Å². The second kappa shape index (κ2) is 7.32. The fourth-order valence-corrected chi connectivity index (χ4v) is 4.87. The number of hydrogen-bond acceptors (Lipinski definition) is 5. The molecule has 0 atom stereocenters. The Morgan fingerprint density at radius 1 is 1.10 bits per heavy atom. The number of ether oxygens (including phenoxy) is 1. The molecular weight excluding hydrogens is 426 g/mol. The van der Waals surface area contributed by atoms with Crippen molar-refractivity contribution in [1.82, 2.24) is 4.90 Å². The summed E-state index contributed by atoms with van der Waals surface area (Å²) >= 11 is 5.88. The number of sulfone groups is 1. The van der Waals surface area contributed by atoms with Gasteiger partial charge in [0.05, 0.1) is 16.3 Å². The van der Waals surface area contributed by atoms with Crippen LogP contribution in [-0.4, -0.2) is 31.6 Å². The van der Waals surface area contributed by atoms with E-state index in [1.807, 2.05) is 20.8 Å². The number of amides is 1. The van der Waals surface area contributed by atoms with Crippen molar-refractivity contribution < 1.29 is 22.4 Å². The predicted molar refractivity (Wildman–Crippen MR) is 113 cm³/mol. The van der Waals surface area contributed by atoms with Crippen LogP contribution in [-0.2, 0) is 27.5 Å². The highest BCUT2D eigenvalue weighted by Gasteiger charge is 2.29. The van der Waals surface area contributed by atoms with Gasteiger partial charge in [-0.25, -0.2) is 13.2 Å². The topological polar surface area (TPSA) is 76.8 Å². The number of furan rings is 1. The second-order valence-electron chi connectivity index (χ2n) is 8.27. The molecule has 2 heterocycles. The standard InChI is InChI=1S/C22H22ClNO5S/c1-22(2,3)29-21(25)24-11-10-20-18(13-24)17-12-16(8-9-19(17)28-20)30(26,27)15-6-4-14(23)5-7-15/h4-9,12H,10-11,13H2,1-3H3. The summed E-state index contributed by atoms with van der Waals surface area (Å²) in [5.74, 6) is 0.769. The quantitative estimate of drug-likeness (QED) is 0.538. The van der Waals surface area contributed by atoms with Gasteiger partial charge in [-0.15, -0.1) is 0 Å². The highest BCUT2D eigenvalue weighted by atomic mass is 35.5. The monoisotopic (exact) mass is 447 g/mol. The van der Waals surface area contributed by atoms with Crippen LogP contribution in [0.4, 0.5) is 4.79 Å². The van der Waals surface area contributed by atoms with Crippen LogP contribution in [0.1, 0.15) is 32.1 Å². The molecule has 0 aliphatic carbocycles.